The van der Waals surface area contributed by atoms with Crippen molar-refractivity contribution in [2.24, 2.45) is 0 Å². The summed E-state index contributed by atoms with van der Waals surface area (Å²) in [7, 11) is 0. The molecule has 0 saturated carbocycles. The van der Waals surface area contributed by atoms with E-state index in [9.17, 15) is 9.18 Å². The molecule has 2 aromatic heterocycles. The Bertz CT molecular complexity index is 965. The summed E-state index contributed by atoms with van der Waals surface area (Å²) >= 11 is 0. The molecule has 0 fully saturated rings. The van der Waals surface area contributed by atoms with E-state index in [1.807, 2.05) is 13.8 Å². The standard InChI is InChI=1S/C18H19FN4O/c1-4-7-23-16(24)9-11(2)14-10-20-18(22-17(14)23)21-13-5-6-15(19)12(3)8-13/h5-6,8-10H,4,7H2,1-3H3,(H,20,21,22). The molecule has 1 N–H and O–H groups in total. The summed E-state index contributed by atoms with van der Waals surface area (Å²) in [5.41, 5.74) is 2.64. The van der Waals surface area contributed by atoms with Crippen LogP contribution in [0.1, 0.15) is 24.5 Å². The Morgan fingerprint density at radius 3 is 2.71 bits per heavy atom. The molecule has 3 aromatic rings. The van der Waals surface area contributed by atoms with Crippen LogP contribution in [0.3, 0.4) is 0 Å². The van der Waals surface area contributed by atoms with Gasteiger partial charge in [-0.25, -0.2) is 9.37 Å². The highest BCUT2D eigenvalue weighted by Crippen LogP contribution is 2.20. The van der Waals surface area contributed by atoms with Gasteiger partial charge in [0, 0.05) is 29.9 Å². The van der Waals surface area contributed by atoms with E-state index in [1.165, 1.54) is 6.07 Å². The lowest BCUT2D eigenvalue weighted by molar-refractivity contribution is 0.619. The third-order valence-electron chi connectivity index (χ3n) is 3.92. The lowest BCUT2D eigenvalue weighted by Gasteiger charge is -2.12. The number of rotatable bonds is 4. The third kappa shape index (κ3) is 2.99. The molecule has 124 valence electrons. The number of benzene rings is 1. The van der Waals surface area contributed by atoms with Crippen molar-refractivity contribution in [2.45, 2.75) is 33.7 Å². The number of nitrogens with one attached hydrogen (secondary N) is 1. The number of anilines is 2. The molecular weight excluding hydrogens is 307 g/mol. The predicted molar refractivity (Wildman–Crippen MR) is 93.2 cm³/mol. The van der Waals surface area contributed by atoms with Gasteiger partial charge in [-0.2, -0.15) is 4.98 Å². The second-order valence-electron chi connectivity index (χ2n) is 5.84. The molecule has 1 aromatic carbocycles. The van der Waals surface area contributed by atoms with Crippen molar-refractivity contribution < 1.29 is 4.39 Å². The number of halogens is 1. The van der Waals surface area contributed by atoms with Crippen LogP contribution in [0.4, 0.5) is 16.0 Å². The van der Waals surface area contributed by atoms with Crippen molar-refractivity contribution >= 4 is 22.7 Å². The minimum Gasteiger partial charge on any atom is -0.324 e. The maximum absolute atomic E-state index is 13.4. The molecule has 0 aliphatic carbocycles. The fraction of sp³-hybridized carbons (Fsp3) is 0.278. The van der Waals surface area contributed by atoms with Gasteiger partial charge in [0.15, 0.2) is 0 Å². The predicted octanol–water partition coefficient (Wildman–Crippen LogP) is 3.70. The third-order valence-corrected chi connectivity index (χ3v) is 3.92. The van der Waals surface area contributed by atoms with Crippen LogP contribution < -0.4 is 10.9 Å². The zero-order valence-electron chi connectivity index (χ0n) is 13.9. The number of hydrogen-bond acceptors (Lipinski definition) is 4. The molecule has 0 aliphatic heterocycles. The van der Waals surface area contributed by atoms with E-state index >= 15 is 0 Å². The lowest BCUT2D eigenvalue weighted by atomic mass is 10.2. The second-order valence-corrected chi connectivity index (χ2v) is 5.84. The Kier molecular flexibility index (Phi) is 4.29. The second kappa shape index (κ2) is 6.39. The number of nitrogens with zero attached hydrogens (tertiary/aromatic N) is 3. The summed E-state index contributed by atoms with van der Waals surface area (Å²) in [6, 6.07) is 6.33. The Morgan fingerprint density at radius 2 is 2.00 bits per heavy atom. The van der Waals surface area contributed by atoms with Crippen LogP contribution in [0, 0.1) is 19.7 Å². The summed E-state index contributed by atoms with van der Waals surface area (Å²) < 4.78 is 15.0. The molecule has 0 spiro atoms. The van der Waals surface area contributed by atoms with Crippen molar-refractivity contribution in [3.05, 3.63) is 57.8 Å². The summed E-state index contributed by atoms with van der Waals surface area (Å²) in [4.78, 5) is 21.1. The van der Waals surface area contributed by atoms with E-state index in [-0.39, 0.29) is 11.4 Å². The van der Waals surface area contributed by atoms with Crippen LogP contribution in [0.2, 0.25) is 0 Å². The van der Waals surface area contributed by atoms with Crippen LogP contribution in [0.5, 0.6) is 0 Å². The van der Waals surface area contributed by atoms with Gasteiger partial charge >= 0.3 is 0 Å². The van der Waals surface area contributed by atoms with E-state index in [1.54, 1.807) is 35.9 Å². The van der Waals surface area contributed by atoms with E-state index in [0.29, 0.717) is 29.4 Å². The van der Waals surface area contributed by atoms with E-state index < -0.39 is 0 Å². The number of hydrogen-bond donors (Lipinski definition) is 1. The number of fused-ring (bicyclic) bond motifs is 1. The van der Waals surface area contributed by atoms with Crippen molar-refractivity contribution in [1.29, 1.82) is 0 Å². The largest absolute Gasteiger partial charge is 0.324 e. The van der Waals surface area contributed by atoms with E-state index in [2.05, 4.69) is 15.3 Å². The normalized spacial score (nSPS) is 11.0. The average molecular weight is 326 g/mol. The van der Waals surface area contributed by atoms with Gasteiger partial charge in [0.1, 0.15) is 11.5 Å². The van der Waals surface area contributed by atoms with Gasteiger partial charge in [0.2, 0.25) is 5.95 Å². The van der Waals surface area contributed by atoms with Crippen molar-refractivity contribution in [3.63, 3.8) is 0 Å². The maximum Gasteiger partial charge on any atom is 0.252 e. The topological polar surface area (TPSA) is 59.8 Å². The monoisotopic (exact) mass is 326 g/mol. The van der Waals surface area contributed by atoms with Gasteiger partial charge in [-0.05, 0) is 49.6 Å². The first-order valence-corrected chi connectivity index (χ1v) is 7.90. The highest BCUT2D eigenvalue weighted by atomic mass is 19.1. The van der Waals surface area contributed by atoms with Crippen LogP contribution in [-0.4, -0.2) is 14.5 Å². The first-order valence-electron chi connectivity index (χ1n) is 7.90. The molecule has 0 bridgehead atoms. The minimum atomic E-state index is -0.257. The molecule has 0 unspecified atom stereocenters. The maximum atomic E-state index is 13.4. The number of pyridine rings is 1. The zero-order chi connectivity index (χ0) is 17.3. The number of aromatic nitrogens is 3. The van der Waals surface area contributed by atoms with Gasteiger partial charge in [0.25, 0.3) is 5.56 Å². The fourth-order valence-electron chi connectivity index (χ4n) is 2.65. The van der Waals surface area contributed by atoms with Crippen molar-refractivity contribution in [2.75, 3.05) is 5.32 Å². The van der Waals surface area contributed by atoms with Crippen LogP contribution in [0.15, 0.2) is 35.3 Å². The van der Waals surface area contributed by atoms with Crippen LogP contribution in [0.25, 0.3) is 11.0 Å². The molecule has 2 heterocycles. The molecule has 3 rings (SSSR count). The summed E-state index contributed by atoms with van der Waals surface area (Å²) in [6.45, 7) is 6.19. The Morgan fingerprint density at radius 1 is 1.21 bits per heavy atom. The Balaban J connectivity index is 2.08. The van der Waals surface area contributed by atoms with Gasteiger partial charge in [0.05, 0.1) is 0 Å². The quantitative estimate of drug-likeness (QED) is 0.794. The molecule has 5 nitrogen and oxygen atoms in total. The molecule has 0 amide bonds. The Labute approximate surface area is 139 Å². The molecule has 6 heteroatoms. The first kappa shape index (κ1) is 16.1. The van der Waals surface area contributed by atoms with Gasteiger partial charge in [-0.15, -0.1) is 0 Å². The van der Waals surface area contributed by atoms with Crippen molar-refractivity contribution in [3.8, 4) is 0 Å². The first-order chi connectivity index (χ1) is 11.5. The molecule has 0 saturated heterocycles. The van der Waals surface area contributed by atoms with Gasteiger partial charge < -0.3 is 5.32 Å². The van der Waals surface area contributed by atoms with Crippen molar-refractivity contribution in [1.82, 2.24) is 14.5 Å². The molecule has 24 heavy (non-hydrogen) atoms. The fourth-order valence-corrected chi connectivity index (χ4v) is 2.65. The molecule has 0 radical (unpaired) electrons. The number of aryl methyl sites for hydroxylation is 3. The summed E-state index contributed by atoms with van der Waals surface area (Å²) in [5, 5.41) is 3.92. The highest BCUT2D eigenvalue weighted by Gasteiger charge is 2.10. The Hall–Kier alpha value is -2.76. The van der Waals surface area contributed by atoms with Gasteiger partial charge in [-0.3, -0.25) is 9.36 Å². The highest BCUT2D eigenvalue weighted by molar-refractivity contribution is 5.79. The van der Waals surface area contributed by atoms with E-state index in [0.717, 1.165) is 17.4 Å². The summed E-state index contributed by atoms with van der Waals surface area (Å²) in [6.07, 6.45) is 2.55. The molecule has 0 atom stereocenters. The molecular formula is C18H19FN4O. The van der Waals surface area contributed by atoms with Gasteiger partial charge in [-0.1, -0.05) is 6.92 Å². The van der Waals surface area contributed by atoms with Crippen LogP contribution in [-0.2, 0) is 6.54 Å². The lowest BCUT2D eigenvalue weighted by Crippen LogP contribution is -2.21. The SMILES string of the molecule is CCCn1c(=O)cc(C)c2cnc(Nc3ccc(F)c(C)c3)nc21. The minimum absolute atomic E-state index is 0.0656. The zero-order valence-corrected chi connectivity index (χ0v) is 13.9. The summed E-state index contributed by atoms with van der Waals surface area (Å²) in [5.74, 6) is 0.121. The van der Waals surface area contributed by atoms with Crippen LogP contribution >= 0.6 is 0 Å². The van der Waals surface area contributed by atoms with E-state index in [4.69, 9.17) is 0 Å². The average Bonchev–Trinajstić information content (AvgIpc) is 2.55. The molecule has 0 aliphatic rings. The smallest absolute Gasteiger partial charge is 0.252 e.